The quantitative estimate of drug-likeness (QED) is 0.749. The highest BCUT2D eigenvalue weighted by Crippen LogP contribution is 2.11. The zero-order valence-corrected chi connectivity index (χ0v) is 14.7. The third-order valence-electron chi connectivity index (χ3n) is 4.71. The third kappa shape index (κ3) is 4.70. The lowest BCUT2D eigenvalue weighted by Gasteiger charge is -2.32. The number of carbonyl (C=O) groups is 1. The van der Waals surface area contributed by atoms with Crippen LogP contribution in [0.5, 0.6) is 0 Å². The highest BCUT2D eigenvalue weighted by molar-refractivity contribution is 5.76. The van der Waals surface area contributed by atoms with E-state index in [9.17, 15) is 9.59 Å². The fraction of sp³-hybridized carbons (Fsp3) is 0.556. The number of amides is 1. The number of hydrogen-bond donors (Lipinski definition) is 1. The van der Waals surface area contributed by atoms with Crippen LogP contribution >= 0.6 is 0 Å². The predicted molar refractivity (Wildman–Crippen MR) is 96.7 cm³/mol. The number of aromatic nitrogens is 1. The van der Waals surface area contributed by atoms with Crippen molar-refractivity contribution in [3.8, 4) is 0 Å². The maximum absolute atomic E-state index is 12.0. The summed E-state index contributed by atoms with van der Waals surface area (Å²) in [7, 11) is 2.14. The summed E-state index contributed by atoms with van der Waals surface area (Å²) in [5.74, 6) is -0.445. The molecule has 25 heavy (non-hydrogen) atoms. The first-order valence-corrected chi connectivity index (χ1v) is 8.89. The fourth-order valence-corrected chi connectivity index (χ4v) is 3.13. The van der Waals surface area contributed by atoms with E-state index in [0.29, 0.717) is 18.7 Å². The van der Waals surface area contributed by atoms with Gasteiger partial charge in [0, 0.05) is 45.7 Å². The molecule has 1 amide bonds. The van der Waals surface area contributed by atoms with E-state index in [-0.39, 0.29) is 12.3 Å². The number of piperazine rings is 1. The molecule has 1 fully saturated rings. The molecule has 3 rings (SSSR count). The van der Waals surface area contributed by atoms with Crippen LogP contribution in [-0.2, 0) is 11.3 Å². The van der Waals surface area contributed by atoms with Gasteiger partial charge in [0.2, 0.25) is 5.91 Å². The van der Waals surface area contributed by atoms with E-state index in [4.69, 9.17) is 4.42 Å². The lowest BCUT2D eigenvalue weighted by atomic mass is 10.3. The molecule has 1 saturated heterocycles. The van der Waals surface area contributed by atoms with Crippen LogP contribution in [0.25, 0.3) is 11.1 Å². The molecular weight excluding hydrogens is 320 g/mol. The van der Waals surface area contributed by atoms with Crippen LogP contribution in [0.4, 0.5) is 0 Å². The average molecular weight is 346 g/mol. The summed E-state index contributed by atoms with van der Waals surface area (Å²) >= 11 is 0. The Balaban J connectivity index is 1.38. The molecule has 1 N–H and O–H groups in total. The van der Waals surface area contributed by atoms with Crippen LogP contribution in [0.2, 0.25) is 0 Å². The van der Waals surface area contributed by atoms with Crippen LogP contribution in [0.1, 0.15) is 12.8 Å². The largest absolute Gasteiger partial charge is 0.419 e. The van der Waals surface area contributed by atoms with Gasteiger partial charge in [-0.1, -0.05) is 12.1 Å². The molecule has 7 nitrogen and oxygen atoms in total. The zero-order chi connectivity index (χ0) is 17.6. The first-order chi connectivity index (χ1) is 12.1. The van der Waals surface area contributed by atoms with Gasteiger partial charge >= 0.3 is 5.76 Å². The summed E-state index contributed by atoms with van der Waals surface area (Å²) in [6.45, 7) is 6.44. The minimum atomic E-state index is -0.413. The van der Waals surface area contributed by atoms with Crippen molar-refractivity contribution in [2.45, 2.75) is 19.4 Å². The zero-order valence-electron chi connectivity index (χ0n) is 14.7. The highest BCUT2D eigenvalue weighted by Gasteiger charge is 2.13. The molecule has 0 radical (unpaired) electrons. The number of benzene rings is 1. The Morgan fingerprint density at radius 3 is 2.72 bits per heavy atom. The van der Waals surface area contributed by atoms with Gasteiger partial charge in [0.15, 0.2) is 5.58 Å². The molecule has 0 atom stereocenters. The predicted octanol–water partition coefficient (Wildman–Crippen LogP) is 0.738. The van der Waals surface area contributed by atoms with E-state index in [1.165, 1.54) is 4.57 Å². The summed E-state index contributed by atoms with van der Waals surface area (Å²) < 4.78 is 6.68. The number of oxazole rings is 1. The van der Waals surface area contributed by atoms with Gasteiger partial charge in [-0.25, -0.2) is 4.79 Å². The van der Waals surface area contributed by atoms with Crippen molar-refractivity contribution in [2.24, 2.45) is 0 Å². The van der Waals surface area contributed by atoms with Crippen LogP contribution in [0.15, 0.2) is 33.5 Å². The topological polar surface area (TPSA) is 70.7 Å². The second-order valence-electron chi connectivity index (χ2n) is 6.59. The summed E-state index contributed by atoms with van der Waals surface area (Å²) in [4.78, 5) is 28.6. The number of carbonyl (C=O) groups excluding carboxylic acids is 1. The fourth-order valence-electron chi connectivity index (χ4n) is 3.13. The van der Waals surface area contributed by atoms with E-state index in [1.807, 2.05) is 18.2 Å². The average Bonchev–Trinajstić information content (AvgIpc) is 2.93. The first-order valence-electron chi connectivity index (χ1n) is 8.89. The van der Waals surface area contributed by atoms with Gasteiger partial charge in [0.1, 0.15) is 0 Å². The number of hydrogen-bond acceptors (Lipinski definition) is 5. The number of nitrogens with one attached hydrogen (secondary N) is 1. The number of fused-ring (bicyclic) bond motifs is 1. The standard InChI is InChI=1S/C18H26N4O3/c1-20-11-13-21(14-12-20)9-4-8-19-17(23)7-10-22-15-5-2-3-6-16(15)25-18(22)24/h2-3,5-6H,4,7-14H2,1H3,(H,19,23). The van der Waals surface area contributed by atoms with Crippen LogP contribution in [0, 0.1) is 0 Å². The molecule has 1 aromatic heterocycles. The van der Waals surface area contributed by atoms with E-state index in [0.717, 1.165) is 44.7 Å². The van der Waals surface area contributed by atoms with Crippen LogP contribution < -0.4 is 11.1 Å². The third-order valence-corrected chi connectivity index (χ3v) is 4.71. The Hall–Kier alpha value is -2.12. The molecule has 0 spiro atoms. The van der Waals surface area contributed by atoms with Crippen LogP contribution in [-0.4, -0.2) is 66.6 Å². The normalized spacial score (nSPS) is 16.4. The lowest BCUT2D eigenvalue weighted by molar-refractivity contribution is -0.121. The number of para-hydroxylation sites is 2. The van der Waals surface area contributed by atoms with Gasteiger partial charge < -0.3 is 19.5 Å². The molecule has 2 heterocycles. The Morgan fingerprint density at radius 2 is 1.92 bits per heavy atom. The van der Waals surface area contributed by atoms with Gasteiger partial charge in [-0.3, -0.25) is 9.36 Å². The van der Waals surface area contributed by atoms with Crippen molar-refractivity contribution in [1.82, 2.24) is 19.7 Å². The summed E-state index contributed by atoms with van der Waals surface area (Å²) in [6, 6.07) is 7.26. The van der Waals surface area contributed by atoms with Crippen molar-refractivity contribution in [1.29, 1.82) is 0 Å². The van der Waals surface area contributed by atoms with Gasteiger partial charge in [-0.15, -0.1) is 0 Å². The number of likely N-dealkylation sites (N-methyl/N-ethyl adjacent to an activating group) is 1. The van der Waals surface area contributed by atoms with E-state index < -0.39 is 5.76 Å². The number of rotatable bonds is 7. The van der Waals surface area contributed by atoms with E-state index >= 15 is 0 Å². The molecule has 0 bridgehead atoms. The molecule has 1 aliphatic heterocycles. The Kier molecular flexibility index (Phi) is 5.88. The molecule has 1 aliphatic rings. The minimum absolute atomic E-state index is 0.0319. The molecule has 7 heteroatoms. The van der Waals surface area contributed by atoms with Gasteiger partial charge in [-0.2, -0.15) is 0 Å². The second-order valence-corrected chi connectivity index (χ2v) is 6.59. The summed E-state index contributed by atoms with van der Waals surface area (Å²) in [5, 5.41) is 2.94. The van der Waals surface area contributed by atoms with E-state index in [1.54, 1.807) is 6.07 Å². The Bertz CT molecular complexity index is 759. The lowest BCUT2D eigenvalue weighted by Crippen LogP contribution is -2.45. The van der Waals surface area contributed by atoms with Crippen molar-refractivity contribution in [3.63, 3.8) is 0 Å². The smallest absolute Gasteiger partial charge is 0.408 e. The maximum Gasteiger partial charge on any atom is 0.419 e. The van der Waals surface area contributed by atoms with Gasteiger partial charge in [-0.05, 0) is 32.1 Å². The minimum Gasteiger partial charge on any atom is -0.408 e. The molecule has 2 aromatic rings. The Morgan fingerprint density at radius 1 is 1.16 bits per heavy atom. The summed E-state index contributed by atoms with van der Waals surface area (Å²) in [6.07, 6.45) is 1.22. The molecular formula is C18H26N4O3. The van der Waals surface area contributed by atoms with Crippen molar-refractivity contribution in [2.75, 3.05) is 46.3 Å². The van der Waals surface area contributed by atoms with Crippen LogP contribution in [0.3, 0.4) is 0 Å². The number of aryl methyl sites for hydroxylation is 1. The highest BCUT2D eigenvalue weighted by atomic mass is 16.4. The van der Waals surface area contributed by atoms with Gasteiger partial charge in [0.25, 0.3) is 0 Å². The monoisotopic (exact) mass is 346 g/mol. The maximum atomic E-state index is 12.0. The molecule has 0 unspecified atom stereocenters. The molecule has 136 valence electrons. The SMILES string of the molecule is CN1CCN(CCCNC(=O)CCn2c(=O)oc3ccccc32)CC1. The molecule has 1 aromatic carbocycles. The molecule has 0 saturated carbocycles. The molecule has 0 aliphatic carbocycles. The van der Waals surface area contributed by atoms with Gasteiger partial charge in [0.05, 0.1) is 5.52 Å². The van der Waals surface area contributed by atoms with Crippen molar-refractivity contribution < 1.29 is 9.21 Å². The number of nitrogens with zero attached hydrogens (tertiary/aromatic N) is 3. The Labute approximate surface area is 147 Å². The van der Waals surface area contributed by atoms with E-state index in [2.05, 4.69) is 22.2 Å². The summed E-state index contributed by atoms with van der Waals surface area (Å²) in [5.41, 5.74) is 1.29. The second kappa shape index (κ2) is 8.31. The van der Waals surface area contributed by atoms with Crippen molar-refractivity contribution in [3.05, 3.63) is 34.8 Å². The van der Waals surface area contributed by atoms with Crippen molar-refractivity contribution >= 4 is 17.0 Å². The first kappa shape index (κ1) is 17.7.